The van der Waals surface area contributed by atoms with Gasteiger partial charge in [0.1, 0.15) is 4.75 Å². The van der Waals surface area contributed by atoms with Crippen LogP contribution < -0.4 is 0 Å². The maximum absolute atomic E-state index is 14.7. The van der Waals surface area contributed by atoms with Crippen molar-refractivity contribution in [3.05, 3.63) is 145 Å². The number of carbonyl (C=O) groups excluding carboxylic acids is 1. The van der Waals surface area contributed by atoms with E-state index in [-0.39, 0.29) is 17.9 Å². The predicted molar refractivity (Wildman–Crippen MR) is 151 cm³/mol. The van der Waals surface area contributed by atoms with Crippen molar-refractivity contribution in [1.82, 2.24) is 4.31 Å². The Balaban J connectivity index is 1.91. The zero-order valence-electron chi connectivity index (χ0n) is 20.7. The molecule has 0 aliphatic heterocycles. The normalized spacial score (nSPS) is 12.9. The van der Waals surface area contributed by atoms with Gasteiger partial charge in [-0.15, -0.1) is 18.3 Å². The molecule has 0 spiro atoms. The summed E-state index contributed by atoms with van der Waals surface area (Å²) in [6.07, 6.45) is 1.92. The van der Waals surface area contributed by atoms with Crippen LogP contribution in [-0.4, -0.2) is 18.6 Å². The van der Waals surface area contributed by atoms with Gasteiger partial charge in [0, 0.05) is 4.90 Å². The number of aryl methyl sites for hydroxylation is 1. The molecule has 0 N–H and O–H groups in total. The fourth-order valence-electron chi connectivity index (χ4n) is 4.13. The number of nitrogens with zero attached hydrogens (tertiary/aromatic N) is 1. The first kappa shape index (κ1) is 26.5. The van der Waals surface area contributed by atoms with Crippen LogP contribution in [0.15, 0.2) is 138 Å². The van der Waals surface area contributed by atoms with E-state index >= 15 is 0 Å². The Morgan fingerprint density at radius 2 is 1.38 bits per heavy atom. The summed E-state index contributed by atoms with van der Waals surface area (Å²) in [4.78, 5) is 15.7. The third kappa shape index (κ3) is 5.87. The number of benzene rings is 4. The van der Waals surface area contributed by atoms with Crippen molar-refractivity contribution in [2.24, 2.45) is 0 Å². The van der Waals surface area contributed by atoms with E-state index in [0.717, 1.165) is 20.3 Å². The minimum Gasteiger partial charge on any atom is -0.272 e. The van der Waals surface area contributed by atoms with Crippen LogP contribution in [0, 0.1) is 6.92 Å². The molecule has 4 aromatic carbocycles. The second-order valence-corrected chi connectivity index (χ2v) is 12.0. The highest BCUT2D eigenvalue weighted by Gasteiger charge is 2.46. The Morgan fingerprint density at radius 1 is 0.838 bits per heavy atom. The highest BCUT2D eigenvalue weighted by molar-refractivity contribution is 8.01. The Labute approximate surface area is 223 Å². The van der Waals surface area contributed by atoms with Crippen LogP contribution >= 0.6 is 11.8 Å². The zero-order valence-corrected chi connectivity index (χ0v) is 22.3. The topological polar surface area (TPSA) is 54.5 Å². The number of carbonyl (C=O) groups is 1. The maximum atomic E-state index is 14.7. The standard InChI is InChI=1S/C31H29NO3S2/c1-3-23-31(27-15-9-5-10-16-27,36-28-17-11-6-12-18-28)30(33)32(24-26-13-7-4-8-14-26)37(34,35)29-21-19-25(2)20-22-29/h3-22H,1,23-24H2,2H3. The quantitative estimate of drug-likeness (QED) is 0.165. The second-order valence-electron chi connectivity index (χ2n) is 8.72. The number of hydrogen-bond donors (Lipinski definition) is 0. The number of rotatable bonds is 10. The molecule has 0 fully saturated rings. The fraction of sp³-hybridized carbons (Fsp3) is 0.129. The van der Waals surface area contributed by atoms with E-state index in [4.69, 9.17) is 0 Å². The highest BCUT2D eigenvalue weighted by atomic mass is 32.2. The third-order valence-corrected chi connectivity index (χ3v) is 9.23. The van der Waals surface area contributed by atoms with Gasteiger partial charge in [0.15, 0.2) is 0 Å². The Bertz CT molecular complexity index is 1440. The van der Waals surface area contributed by atoms with E-state index in [1.165, 1.54) is 11.8 Å². The molecule has 0 bridgehead atoms. The molecule has 4 aromatic rings. The van der Waals surface area contributed by atoms with E-state index < -0.39 is 20.7 Å². The number of sulfonamides is 1. The Kier molecular flexibility index (Phi) is 8.31. The van der Waals surface area contributed by atoms with Crippen molar-refractivity contribution >= 4 is 27.7 Å². The molecule has 1 amide bonds. The second kappa shape index (κ2) is 11.6. The van der Waals surface area contributed by atoms with Gasteiger partial charge in [-0.05, 0) is 48.7 Å². The molecule has 1 unspecified atom stereocenters. The maximum Gasteiger partial charge on any atom is 0.266 e. The van der Waals surface area contributed by atoms with Gasteiger partial charge in [-0.25, -0.2) is 12.7 Å². The van der Waals surface area contributed by atoms with Gasteiger partial charge in [0.2, 0.25) is 0 Å². The van der Waals surface area contributed by atoms with E-state index in [1.54, 1.807) is 30.3 Å². The number of thioether (sulfide) groups is 1. The first-order valence-electron chi connectivity index (χ1n) is 11.9. The van der Waals surface area contributed by atoms with Gasteiger partial charge in [-0.1, -0.05) is 103 Å². The first-order chi connectivity index (χ1) is 17.9. The molecular weight excluding hydrogens is 498 g/mol. The molecule has 0 saturated carbocycles. The lowest BCUT2D eigenvalue weighted by atomic mass is 9.93. The van der Waals surface area contributed by atoms with E-state index in [2.05, 4.69) is 6.58 Å². The summed E-state index contributed by atoms with van der Waals surface area (Å²) in [5.41, 5.74) is 2.37. The lowest BCUT2D eigenvalue weighted by molar-refractivity contribution is -0.129. The minimum absolute atomic E-state index is 0.0765. The molecule has 6 heteroatoms. The van der Waals surface area contributed by atoms with Gasteiger partial charge in [0.05, 0.1) is 11.4 Å². The first-order valence-corrected chi connectivity index (χ1v) is 14.2. The molecule has 4 nitrogen and oxygen atoms in total. The molecule has 0 aliphatic rings. The summed E-state index contributed by atoms with van der Waals surface area (Å²) in [6, 6.07) is 34.7. The van der Waals surface area contributed by atoms with Crippen molar-refractivity contribution in [2.75, 3.05) is 0 Å². The van der Waals surface area contributed by atoms with Gasteiger partial charge in [-0.2, -0.15) is 0 Å². The predicted octanol–water partition coefficient (Wildman–Crippen LogP) is 6.98. The fourth-order valence-corrected chi connectivity index (χ4v) is 6.96. The van der Waals surface area contributed by atoms with Crippen LogP contribution in [0.2, 0.25) is 0 Å². The molecule has 0 aromatic heterocycles. The molecule has 37 heavy (non-hydrogen) atoms. The summed E-state index contributed by atoms with van der Waals surface area (Å²) in [5, 5.41) is 0. The molecule has 0 heterocycles. The average molecular weight is 528 g/mol. The lowest BCUT2D eigenvalue weighted by Gasteiger charge is -2.36. The summed E-state index contributed by atoms with van der Waals surface area (Å²) < 4.78 is 28.0. The molecule has 0 aliphatic carbocycles. The van der Waals surface area contributed by atoms with Gasteiger partial charge in [-0.3, -0.25) is 4.79 Å². The van der Waals surface area contributed by atoms with Crippen LogP contribution in [0.5, 0.6) is 0 Å². The number of amides is 1. The van der Waals surface area contributed by atoms with Crippen LogP contribution in [-0.2, 0) is 26.1 Å². The van der Waals surface area contributed by atoms with Crippen molar-refractivity contribution in [2.45, 2.75) is 34.4 Å². The van der Waals surface area contributed by atoms with Crippen molar-refractivity contribution < 1.29 is 13.2 Å². The summed E-state index contributed by atoms with van der Waals surface area (Å²) in [7, 11) is -4.18. The molecule has 4 rings (SSSR count). The van der Waals surface area contributed by atoms with Gasteiger partial charge < -0.3 is 0 Å². The average Bonchev–Trinajstić information content (AvgIpc) is 2.93. The molecule has 188 valence electrons. The monoisotopic (exact) mass is 527 g/mol. The van der Waals surface area contributed by atoms with Gasteiger partial charge >= 0.3 is 0 Å². The summed E-state index contributed by atoms with van der Waals surface area (Å²) in [5.74, 6) is -0.517. The summed E-state index contributed by atoms with van der Waals surface area (Å²) in [6.45, 7) is 5.74. The van der Waals surface area contributed by atoms with Gasteiger partial charge in [0.25, 0.3) is 15.9 Å². The van der Waals surface area contributed by atoms with Crippen LogP contribution in [0.3, 0.4) is 0 Å². The van der Waals surface area contributed by atoms with Crippen molar-refractivity contribution in [1.29, 1.82) is 0 Å². The van der Waals surface area contributed by atoms with Crippen molar-refractivity contribution in [3.63, 3.8) is 0 Å². The molecule has 0 radical (unpaired) electrons. The molecule has 1 atom stereocenters. The van der Waals surface area contributed by atoms with Crippen LogP contribution in [0.1, 0.15) is 23.1 Å². The van der Waals surface area contributed by atoms with E-state index in [0.29, 0.717) is 5.56 Å². The molecular formula is C31H29NO3S2. The Hall–Kier alpha value is -3.61. The largest absolute Gasteiger partial charge is 0.272 e. The van der Waals surface area contributed by atoms with Crippen LogP contribution in [0.4, 0.5) is 0 Å². The lowest BCUT2D eigenvalue weighted by Crippen LogP contribution is -2.47. The zero-order chi connectivity index (χ0) is 26.3. The molecule has 0 saturated heterocycles. The highest BCUT2D eigenvalue weighted by Crippen LogP contribution is 2.47. The van der Waals surface area contributed by atoms with Crippen molar-refractivity contribution in [3.8, 4) is 0 Å². The third-order valence-electron chi connectivity index (χ3n) is 6.06. The SMILES string of the molecule is C=CCC(Sc1ccccc1)(C(=O)N(Cc1ccccc1)S(=O)(=O)c1ccc(C)cc1)c1ccccc1. The minimum atomic E-state index is -4.18. The number of hydrogen-bond acceptors (Lipinski definition) is 4. The van der Waals surface area contributed by atoms with E-state index in [9.17, 15) is 13.2 Å². The smallest absolute Gasteiger partial charge is 0.266 e. The summed E-state index contributed by atoms with van der Waals surface area (Å²) >= 11 is 1.35. The Morgan fingerprint density at radius 3 is 1.95 bits per heavy atom. The van der Waals surface area contributed by atoms with Crippen LogP contribution in [0.25, 0.3) is 0 Å². The number of allylic oxidation sites excluding steroid dienone is 1. The van der Waals surface area contributed by atoms with E-state index in [1.807, 2.05) is 97.9 Å².